The molecule has 1 aromatic carbocycles. The lowest BCUT2D eigenvalue weighted by Gasteiger charge is -2.18. The first-order valence-corrected chi connectivity index (χ1v) is 6.89. The van der Waals surface area contributed by atoms with Gasteiger partial charge in [0.15, 0.2) is 6.10 Å². The molecule has 0 aliphatic carbocycles. The summed E-state index contributed by atoms with van der Waals surface area (Å²) in [5.41, 5.74) is 1.11. The van der Waals surface area contributed by atoms with Crippen molar-refractivity contribution in [3.05, 3.63) is 29.3 Å². The minimum Gasteiger partial charge on any atom is -0.496 e. The summed E-state index contributed by atoms with van der Waals surface area (Å²) >= 11 is 0. The van der Waals surface area contributed by atoms with Crippen molar-refractivity contribution < 1.29 is 23.9 Å². The number of methoxy groups -OCH3 is 1. The van der Waals surface area contributed by atoms with E-state index >= 15 is 0 Å². The van der Waals surface area contributed by atoms with Gasteiger partial charge in [-0.15, -0.1) is 0 Å². The predicted molar refractivity (Wildman–Crippen MR) is 77.7 cm³/mol. The maximum Gasteiger partial charge on any atom is 0.342 e. The van der Waals surface area contributed by atoms with Crippen molar-refractivity contribution in [2.24, 2.45) is 0 Å². The van der Waals surface area contributed by atoms with Gasteiger partial charge in [-0.05, 0) is 26.0 Å². The first kappa shape index (κ1) is 15.8. The molecule has 0 unspecified atom stereocenters. The molecular weight excluding hydrogens is 288 g/mol. The Morgan fingerprint density at radius 3 is 2.68 bits per heavy atom. The first-order valence-electron chi connectivity index (χ1n) is 6.89. The fraction of sp³-hybridized carbons (Fsp3) is 0.400. The molecule has 1 aliphatic rings. The minimum absolute atomic E-state index is 0.244. The van der Waals surface area contributed by atoms with E-state index in [1.54, 1.807) is 18.2 Å². The number of ether oxygens (including phenoxy) is 2. The highest BCUT2D eigenvalue weighted by molar-refractivity contribution is 6.00. The van der Waals surface area contributed by atoms with E-state index in [1.165, 1.54) is 14.0 Å². The highest BCUT2D eigenvalue weighted by atomic mass is 16.5. The van der Waals surface area contributed by atoms with Crippen LogP contribution in [0.3, 0.4) is 0 Å². The van der Waals surface area contributed by atoms with Gasteiger partial charge in [0.05, 0.1) is 7.11 Å². The smallest absolute Gasteiger partial charge is 0.342 e. The topological polar surface area (TPSA) is 84.9 Å². The van der Waals surface area contributed by atoms with E-state index in [9.17, 15) is 14.4 Å². The second kappa shape index (κ2) is 6.46. The number of amides is 3. The number of benzene rings is 1. The van der Waals surface area contributed by atoms with Gasteiger partial charge < -0.3 is 14.8 Å². The Bertz CT molecular complexity index is 614. The van der Waals surface area contributed by atoms with E-state index in [1.807, 2.05) is 6.92 Å². The van der Waals surface area contributed by atoms with Gasteiger partial charge in [0.2, 0.25) is 0 Å². The summed E-state index contributed by atoms with van der Waals surface area (Å²) in [6.07, 6.45) is -1.05. The van der Waals surface area contributed by atoms with E-state index in [0.29, 0.717) is 12.3 Å². The zero-order chi connectivity index (χ0) is 16.3. The number of aryl methyl sites for hydroxylation is 1. The lowest BCUT2D eigenvalue weighted by Crippen LogP contribution is -2.41. The zero-order valence-electron chi connectivity index (χ0n) is 12.7. The van der Waals surface area contributed by atoms with Crippen LogP contribution in [0.1, 0.15) is 22.8 Å². The third-order valence-corrected chi connectivity index (χ3v) is 3.33. The van der Waals surface area contributed by atoms with Crippen molar-refractivity contribution in [3.8, 4) is 5.75 Å². The quantitative estimate of drug-likeness (QED) is 0.842. The van der Waals surface area contributed by atoms with Crippen LogP contribution in [0, 0.1) is 6.92 Å². The van der Waals surface area contributed by atoms with E-state index < -0.39 is 24.0 Å². The molecule has 0 aromatic heterocycles. The molecule has 1 atom stereocenters. The average molecular weight is 306 g/mol. The van der Waals surface area contributed by atoms with E-state index in [0.717, 1.165) is 10.5 Å². The number of hydrogen-bond donors (Lipinski definition) is 1. The molecule has 1 aromatic rings. The van der Waals surface area contributed by atoms with Crippen molar-refractivity contribution >= 4 is 17.9 Å². The van der Waals surface area contributed by atoms with Crippen LogP contribution in [0.4, 0.5) is 4.79 Å². The molecule has 7 heteroatoms. The average Bonchev–Trinajstić information content (AvgIpc) is 2.92. The Balaban J connectivity index is 2.09. The summed E-state index contributed by atoms with van der Waals surface area (Å²) in [6, 6.07) is 4.62. The van der Waals surface area contributed by atoms with E-state index in [-0.39, 0.29) is 12.1 Å². The number of imide groups is 1. The van der Waals surface area contributed by atoms with Crippen molar-refractivity contribution in [2.75, 3.05) is 20.2 Å². The van der Waals surface area contributed by atoms with Gasteiger partial charge in [-0.3, -0.25) is 9.69 Å². The molecule has 22 heavy (non-hydrogen) atoms. The molecular formula is C15H18N2O5. The fourth-order valence-electron chi connectivity index (χ4n) is 2.16. The molecule has 1 N–H and O–H groups in total. The van der Waals surface area contributed by atoms with Crippen LogP contribution in [0.5, 0.6) is 5.75 Å². The number of esters is 1. The molecule has 1 saturated heterocycles. The second-order valence-corrected chi connectivity index (χ2v) is 4.97. The standard InChI is InChI=1S/C15H18N2O5/c1-9-4-5-12(21-3)11(8-9)14(19)22-10(2)13(18)17-7-6-16-15(17)20/h4-5,8,10H,6-7H2,1-3H3,(H,16,20)/t10-/m1/s1. The number of rotatable bonds is 4. The summed E-state index contributed by atoms with van der Waals surface area (Å²) in [4.78, 5) is 36.8. The molecule has 7 nitrogen and oxygen atoms in total. The Morgan fingerprint density at radius 1 is 1.36 bits per heavy atom. The molecule has 0 bridgehead atoms. The first-order chi connectivity index (χ1) is 10.4. The predicted octanol–water partition coefficient (Wildman–Crippen LogP) is 1.10. The number of nitrogens with zero attached hydrogens (tertiary/aromatic N) is 1. The van der Waals surface area contributed by atoms with Gasteiger partial charge in [0.25, 0.3) is 5.91 Å². The number of hydrogen-bond acceptors (Lipinski definition) is 5. The largest absolute Gasteiger partial charge is 0.496 e. The van der Waals surface area contributed by atoms with Crippen molar-refractivity contribution in [1.82, 2.24) is 10.2 Å². The Kier molecular flexibility index (Phi) is 4.65. The van der Waals surface area contributed by atoms with Crippen LogP contribution in [-0.4, -0.2) is 49.1 Å². The summed E-state index contributed by atoms with van der Waals surface area (Å²) in [5, 5.41) is 2.52. The normalized spacial score (nSPS) is 15.2. The summed E-state index contributed by atoms with van der Waals surface area (Å²) in [7, 11) is 1.45. The zero-order valence-corrected chi connectivity index (χ0v) is 12.7. The van der Waals surface area contributed by atoms with Crippen LogP contribution in [0.2, 0.25) is 0 Å². The fourth-order valence-corrected chi connectivity index (χ4v) is 2.16. The number of nitrogens with one attached hydrogen (secondary N) is 1. The maximum atomic E-state index is 12.2. The molecule has 2 rings (SSSR count). The molecule has 0 saturated carbocycles. The lowest BCUT2D eigenvalue weighted by molar-refractivity contribution is -0.136. The minimum atomic E-state index is -1.05. The molecule has 1 aliphatic heterocycles. The summed E-state index contributed by atoms with van der Waals surface area (Å²) in [6.45, 7) is 3.94. The highest BCUT2D eigenvalue weighted by Gasteiger charge is 2.32. The maximum absolute atomic E-state index is 12.2. The Hall–Kier alpha value is -2.57. The van der Waals surface area contributed by atoms with Crippen molar-refractivity contribution in [3.63, 3.8) is 0 Å². The van der Waals surface area contributed by atoms with Gasteiger partial charge in [-0.25, -0.2) is 9.59 Å². The van der Waals surface area contributed by atoms with Crippen LogP contribution >= 0.6 is 0 Å². The SMILES string of the molecule is COc1ccc(C)cc1C(=O)O[C@H](C)C(=O)N1CCNC1=O. The third-order valence-electron chi connectivity index (χ3n) is 3.33. The van der Waals surface area contributed by atoms with Crippen LogP contribution in [0.25, 0.3) is 0 Å². The molecule has 1 heterocycles. The van der Waals surface area contributed by atoms with Crippen LogP contribution in [-0.2, 0) is 9.53 Å². The second-order valence-electron chi connectivity index (χ2n) is 4.97. The van der Waals surface area contributed by atoms with Gasteiger partial charge in [0, 0.05) is 13.1 Å². The molecule has 1 fully saturated rings. The van der Waals surface area contributed by atoms with E-state index in [2.05, 4.69) is 5.32 Å². The molecule has 0 spiro atoms. The monoisotopic (exact) mass is 306 g/mol. The number of carbonyl (C=O) groups excluding carboxylic acids is 3. The van der Waals surface area contributed by atoms with Crippen LogP contribution < -0.4 is 10.1 Å². The Labute approximate surface area is 128 Å². The van der Waals surface area contributed by atoms with Gasteiger partial charge in [0.1, 0.15) is 11.3 Å². The number of urea groups is 1. The van der Waals surface area contributed by atoms with Gasteiger partial charge >= 0.3 is 12.0 Å². The highest BCUT2D eigenvalue weighted by Crippen LogP contribution is 2.21. The summed E-state index contributed by atoms with van der Waals surface area (Å²) in [5.74, 6) is -0.842. The van der Waals surface area contributed by atoms with Gasteiger partial charge in [-0.1, -0.05) is 11.6 Å². The molecule has 118 valence electrons. The summed E-state index contributed by atoms with van der Waals surface area (Å²) < 4.78 is 10.3. The third kappa shape index (κ3) is 3.19. The van der Waals surface area contributed by atoms with Crippen molar-refractivity contribution in [1.29, 1.82) is 0 Å². The van der Waals surface area contributed by atoms with Gasteiger partial charge in [-0.2, -0.15) is 0 Å². The molecule has 3 amide bonds. The number of carbonyl (C=O) groups is 3. The van der Waals surface area contributed by atoms with Crippen molar-refractivity contribution in [2.45, 2.75) is 20.0 Å². The Morgan fingerprint density at radius 2 is 2.09 bits per heavy atom. The lowest BCUT2D eigenvalue weighted by atomic mass is 10.1. The van der Waals surface area contributed by atoms with Crippen LogP contribution in [0.15, 0.2) is 18.2 Å². The van der Waals surface area contributed by atoms with E-state index in [4.69, 9.17) is 9.47 Å². The molecule has 0 radical (unpaired) electrons.